The second-order valence-electron chi connectivity index (χ2n) is 8.33. The highest BCUT2D eigenvalue weighted by molar-refractivity contribution is 8.13. The van der Waals surface area contributed by atoms with Crippen LogP contribution < -0.4 is 11.5 Å². The van der Waals surface area contributed by atoms with Crippen LogP contribution in [0.25, 0.3) is 0 Å². The quantitative estimate of drug-likeness (QED) is 0.0742. The molecule has 0 unspecified atom stereocenters. The molecule has 0 bridgehead atoms. The fourth-order valence-electron chi connectivity index (χ4n) is 3.00. The van der Waals surface area contributed by atoms with E-state index in [9.17, 15) is 60.7 Å². The molecule has 3 aromatic rings. The highest BCUT2D eigenvalue weighted by Gasteiger charge is 2.31. The summed E-state index contributed by atoms with van der Waals surface area (Å²) in [7, 11) is 0. The fraction of sp³-hybridized carbons (Fsp3) is 0.0909. The van der Waals surface area contributed by atoms with Crippen molar-refractivity contribution in [3.63, 3.8) is 0 Å². The predicted octanol–water partition coefficient (Wildman–Crippen LogP) is 4.17. The van der Waals surface area contributed by atoms with Crippen molar-refractivity contribution >= 4 is 68.0 Å². The van der Waals surface area contributed by atoms with Crippen LogP contribution in [0.4, 0.5) is 34.1 Å². The molecule has 3 aromatic carbocycles. The molecular weight excluding hydrogens is 692 g/mol. The number of phenolic OH excluding ortho intramolecular Hbond substituents is 2. The van der Waals surface area contributed by atoms with Crippen LogP contribution in [0.5, 0.6) is 11.5 Å². The maximum absolute atomic E-state index is 10.4. The van der Waals surface area contributed by atoms with E-state index in [0.29, 0.717) is 24.3 Å². The number of amidine groups is 2. The lowest BCUT2D eigenvalue weighted by molar-refractivity contribution is -0.404. The number of nitrogens with two attached hydrogens (primary N) is 2. The zero-order valence-corrected chi connectivity index (χ0v) is 25.1. The molecule has 3 rings (SSSR count). The second-order valence-corrected chi connectivity index (χ2v) is 10.4. The Bertz CT molecular complexity index is 1590. The number of benzene rings is 3. The first-order chi connectivity index (χ1) is 22.3. The van der Waals surface area contributed by atoms with Crippen LogP contribution in [-0.2, 0) is 11.5 Å². The van der Waals surface area contributed by atoms with Gasteiger partial charge in [0.1, 0.15) is 0 Å². The van der Waals surface area contributed by atoms with E-state index in [4.69, 9.17) is 32.5 Å². The summed E-state index contributed by atoms with van der Waals surface area (Å²) in [5.74, 6) is -0.980. The Morgan fingerprint density at radius 3 is 0.938 bits per heavy atom. The minimum Gasteiger partial charge on any atom is -0.497 e. The molecule has 24 nitrogen and oxygen atoms in total. The van der Waals surface area contributed by atoms with Gasteiger partial charge in [0.05, 0.1) is 53.8 Å². The monoisotopic (exact) mass is 712 g/mol. The van der Waals surface area contributed by atoms with E-state index in [0.717, 1.165) is 22.6 Å². The average Bonchev–Trinajstić information content (AvgIpc) is 2.99. The zero-order chi connectivity index (χ0) is 36.9. The number of aromatic hydroxyl groups is 2. The summed E-state index contributed by atoms with van der Waals surface area (Å²) >= 11 is 2.62. The second kappa shape index (κ2) is 17.7. The normalized spacial score (nSPS) is 9.83. The Balaban J connectivity index is 0.000000360. The van der Waals surface area contributed by atoms with E-state index in [1.165, 1.54) is 23.5 Å². The van der Waals surface area contributed by atoms with E-state index >= 15 is 0 Å². The molecule has 0 saturated heterocycles. The highest BCUT2D eigenvalue weighted by Crippen LogP contribution is 2.40. The summed E-state index contributed by atoms with van der Waals surface area (Å²) in [5, 5.41) is 94.9. The third kappa shape index (κ3) is 12.0. The lowest BCUT2D eigenvalue weighted by Crippen LogP contribution is -2.04. The minimum atomic E-state index is -1.21. The van der Waals surface area contributed by atoms with Gasteiger partial charge >= 0.3 is 22.7 Å². The molecule has 26 heteroatoms. The molecule has 0 amide bonds. The minimum absolute atomic E-state index is 0.135. The van der Waals surface area contributed by atoms with Crippen molar-refractivity contribution in [2.45, 2.75) is 11.5 Å². The molecule has 0 heterocycles. The van der Waals surface area contributed by atoms with Gasteiger partial charge < -0.3 is 21.7 Å². The third-order valence-electron chi connectivity index (χ3n) is 5.13. The van der Waals surface area contributed by atoms with Crippen LogP contribution in [0.15, 0.2) is 48.5 Å². The van der Waals surface area contributed by atoms with Crippen LogP contribution in [0.3, 0.4) is 0 Å². The molecule has 48 heavy (non-hydrogen) atoms. The average molecular weight is 713 g/mol. The first-order valence-electron chi connectivity index (χ1n) is 11.9. The van der Waals surface area contributed by atoms with E-state index in [1.54, 1.807) is 0 Å². The van der Waals surface area contributed by atoms with Gasteiger partial charge in [-0.05, 0) is 11.1 Å². The standard InChI is InChI=1S/C10H14N4S2.2C6H3N3O7/c11-9(12)15-5-7-1-2-8(4-3-7)6-16-10(13)14;2*10-6-4(8(13)14)1-3(7(11)12)2-5(6)9(15)16/h1-4H,5-6H2,(H3,11,12)(H3,13,14);2*1-2,10H. The molecule has 0 atom stereocenters. The van der Waals surface area contributed by atoms with Crippen LogP contribution in [0.2, 0.25) is 0 Å². The molecule has 0 aliphatic heterocycles. The molecule has 0 saturated carbocycles. The fourth-order valence-corrected chi connectivity index (χ4v) is 4.03. The van der Waals surface area contributed by atoms with Gasteiger partial charge in [0, 0.05) is 11.5 Å². The first-order valence-corrected chi connectivity index (χ1v) is 13.9. The van der Waals surface area contributed by atoms with Crippen molar-refractivity contribution in [1.29, 1.82) is 10.8 Å². The summed E-state index contributed by atoms with van der Waals surface area (Å²) < 4.78 is 0. The van der Waals surface area contributed by atoms with E-state index < -0.39 is 75.2 Å². The van der Waals surface area contributed by atoms with Gasteiger partial charge in [0.2, 0.25) is 0 Å². The van der Waals surface area contributed by atoms with Gasteiger partial charge in [-0.1, -0.05) is 47.8 Å². The number of non-ortho nitro benzene ring substituents is 2. The molecule has 0 radical (unpaired) electrons. The number of nitrogens with one attached hydrogen (secondary N) is 2. The Morgan fingerprint density at radius 2 is 0.771 bits per heavy atom. The van der Waals surface area contributed by atoms with E-state index in [2.05, 4.69) is 0 Å². The maximum Gasteiger partial charge on any atom is 0.324 e. The Labute approximate surface area is 273 Å². The van der Waals surface area contributed by atoms with Crippen molar-refractivity contribution < 1.29 is 39.8 Å². The molecule has 8 N–H and O–H groups in total. The molecular formula is C22H20N10O14S2. The molecule has 0 spiro atoms. The van der Waals surface area contributed by atoms with E-state index in [1.807, 2.05) is 24.3 Å². The van der Waals surface area contributed by atoms with Gasteiger partial charge in [-0.25, -0.2) is 0 Å². The molecule has 0 aliphatic carbocycles. The van der Waals surface area contributed by atoms with Crippen molar-refractivity contribution in [2.75, 3.05) is 0 Å². The van der Waals surface area contributed by atoms with Crippen LogP contribution >= 0.6 is 23.5 Å². The third-order valence-corrected chi connectivity index (χ3v) is 6.71. The number of hydrogen-bond donors (Lipinski definition) is 6. The highest BCUT2D eigenvalue weighted by atomic mass is 32.2. The number of rotatable bonds is 10. The SMILES string of the molecule is N=C(N)SCc1ccc(CSC(=N)N)cc1.O=[N+]([O-])c1cc([N+](=O)[O-])c(O)c([N+](=O)[O-])c1.O=[N+]([O-])c1cc([N+](=O)[O-])c(O)c([N+](=O)[O-])c1. The number of thioether (sulfide) groups is 2. The molecule has 0 aliphatic rings. The van der Waals surface area contributed by atoms with Crippen LogP contribution in [0.1, 0.15) is 11.1 Å². The first kappa shape index (κ1) is 39.3. The van der Waals surface area contributed by atoms with Crippen molar-refractivity contribution in [3.8, 4) is 11.5 Å². The summed E-state index contributed by atoms with van der Waals surface area (Å²) in [6.45, 7) is 0. The summed E-state index contributed by atoms with van der Waals surface area (Å²) in [5.41, 5.74) is 6.78. The molecule has 254 valence electrons. The van der Waals surface area contributed by atoms with Crippen molar-refractivity contribution in [2.24, 2.45) is 11.5 Å². The van der Waals surface area contributed by atoms with Crippen molar-refractivity contribution in [1.82, 2.24) is 0 Å². The summed E-state index contributed by atoms with van der Waals surface area (Å²) in [6, 6.07) is 9.81. The largest absolute Gasteiger partial charge is 0.497 e. The van der Waals surface area contributed by atoms with Gasteiger partial charge in [-0.3, -0.25) is 71.5 Å². The van der Waals surface area contributed by atoms with Gasteiger partial charge in [-0.2, -0.15) is 0 Å². The summed E-state index contributed by atoms with van der Waals surface area (Å²) in [6.07, 6.45) is 0. The lowest BCUT2D eigenvalue weighted by atomic mass is 10.2. The zero-order valence-electron chi connectivity index (χ0n) is 23.5. The smallest absolute Gasteiger partial charge is 0.324 e. The predicted molar refractivity (Wildman–Crippen MR) is 169 cm³/mol. The Morgan fingerprint density at radius 1 is 0.542 bits per heavy atom. The summed E-state index contributed by atoms with van der Waals surface area (Å²) in [4.78, 5) is 55.5. The Kier molecular flexibility index (Phi) is 14.5. The Hall–Kier alpha value is -6.70. The van der Waals surface area contributed by atoms with Gasteiger partial charge in [0.25, 0.3) is 22.9 Å². The van der Waals surface area contributed by atoms with Gasteiger partial charge in [0.15, 0.2) is 10.3 Å². The van der Waals surface area contributed by atoms with Gasteiger partial charge in [-0.15, -0.1) is 0 Å². The van der Waals surface area contributed by atoms with Crippen molar-refractivity contribution in [3.05, 3.63) is 120 Å². The molecule has 0 aromatic heterocycles. The number of hydrogen-bond acceptors (Lipinski definition) is 18. The topological polar surface area (TPSA) is 399 Å². The number of nitrogens with zero attached hydrogens (tertiary/aromatic N) is 6. The molecule has 0 fully saturated rings. The number of nitro groups is 6. The maximum atomic E-state index is 10.4. The van der Waals surface area contributed by atoms with Crippen LogP contribution in [0, 0.1) is 71.5 Å². The number of phenols is 2. The van der Waals surface area contributed by atoms with E-state index in [-0.39, 0.29) is 10.3 Å². The lowest BCUT2D eigenvalue weighted by Gasteiger charge is -2.03. The van der Waals surface area contributed by atoms with Crippen LogP contribution in [-0.4, -0.2) is 50.1 Å². The number of nitro benzene ring substituents is 6.